The molecule has 0 aliphatic rings. The summed E-state index contributed by atoms with van der Waals surface area (Å²) in [5.41, 5.74) is 2.05. The van der Waals surface area contributed by atoms with Gasteiger partial charge in [0.2, 0.25) is 0 Å². The standard InChI is InChI=1S/C13H16ClN3O/c1-15-12(9-5-4-6-10(14)7-9)13-11(18-3)8-16-17(13)2/h4-8,12,15H,1-3H3. The first-order chi connectivity index (χ1) is 8.67. The van der Waals surface area contributed by atoms with Crippen molar-refractivity contribution in [2.45, 2.75) is 6.04 Å². The quantitative estimate of drug-likeness (QED) is 0.923. The Morgan fingerprint density at radius 1 is 1.44 bits per heavy atom. The summed E-state index contributed by atoms with van der Waals surface area (Å²) < 4.78 is 7.15. The molecule has 0 spiro atoms. The van der Waals surface area contributed by atoms with Crippen LogP contribution in [0.2, 0.25) is 5.02 Å². The number of rotatable bonds is 4. The maximum atomic E-state index is 6.04. The van der Waals surface area contributed by atoms with E-state index in [4.69, 9.17) is 16.3 Å². The first kappa shape index (κ1) is 12.9. The average molecular weight is 266 g/mol. The van der Waals surface area contributed by atoms with Crippen LogP contribution in [0.15, 0.2) is 30.5 Å². The molecular weight excluding hydrogens is 250 g/mol. The molecule has 96 valence electrons. The lowest BCUT2D eigenvalue weighted by Gasteiger charge is -2.18. The van der Waals surface area contributed by atoms with E-state index in [1.54, 1.807) is 18.0 Å². The molecule has 1 unspecified atom stereocenters. The molecule has 5 heteroatoms. The lowest BCUT2D eigenvalue weighted by atomic mass is 10.0. The van der Waals surface area contributed by atoms with Crippen molar-refractivity contribution in [3.63, 3.8) is 0 Å². The number of nitrogens with one attached hydrogen (secondary N) is 1. The van der Waals surface area contributed by atoms with Crippen LogP contribution in [0.1, 0.15) is 17.3 Å². The highest BCUT2D eigenvalue weighted by Crippen LogP contribution is 2.30. The fourth-order valence-corrected chi connectivity index (χ4v) is 2.26. The van der Waals surface area contributed by atoms with Gasteiger partial charge in [0.15, 0.2) is 5.75 Å². The minimum Gasteiger partial charge on any atom is -0.493 e. The summed E-state index contributed by atoms with van der Waals surface area (Å²) in [6.45, 7) is 0. The fraction of sp³-hybridized carbons (Fsp3) is 0.308. The number of hydrogen-bond acceptors (Lipinski definition) is 3. The van der Waals surface area contributed by atoms with Gasteiger partial charge in [-0.1, -0.05) is 23.7 Å². The van der Waals surface area contributed by atoms with E-state index in [0.29, 0.717) is 5.02 Å². The van der Waals surface area contributed by atoms with Crippen LogP contribution in [0.25, 0.3) is 0 Å². The Labute approximate surface area is 112 Å². The Morgan fingerprint density at radius 2 is 2.22 bits per heavy atom. The molecule has 1 aromatic carbocycles. The molecule has 4 nitrogen and oxygen atoms in total. The average Bonchev–Trinajstić information content (AvgIpc) is 2.72. The number of halogens is 1. The van der Waals surface area contributed by atoms with Gasteiger partial charge in [0, 0.05) is 12.1 Å². The molecule has 1 N–H and O–H groups in total. The van der Waals surface area contributed by atoms with E-state index in [1.165, 1.54) is 0 Å². The van der Waals surface area contributed by atoms with Crippen molar-refractivity contribution in [3.05, 3.63) is 46.7 Å². The summed E-state index contributed by atoms with van der Waals surface area (Å²) in [6, 6.07) is 7.75. The van der Waals surface area contributed by atoms with Gasteiger partial charge in [-0.25, -0.2) is 0 Å². The molecule has 0 aliphatic carbocycles. The maximum absolute atomic E-state index is 6.04. The van der Waals surface area contributed by atoms with Gasteiger partial charge in [-0.2, -0.15) is 5.10 Å². The van der Waals surface area contributed by atoms with Crippen LogP contribution in [-0.4, -0.2) is 23.9 Å². The van der Waals surface area contributed by atoms with Crippen LogP contribution in [0, 0.1) is 0 Å². The third-order valence-electron chi connectivity index (χ3n) is 2.91. The summed E-state index contributed by atoms with van der Waals surface area (Å²) in [5, 5.41) is 8.20. The molecule has 0 saturated carbocycles. The van der Waals surface area contributed by atoms with E-state index >= 15 is 0 Å². The predicted molar refractivity (Wildman–Crippen MR) is 72.1 cm³/mol. The van der Waals surface area contributed by atoms with Gasteiger partial charge in [0.1, 0.15) is 5.69 Å². The largest absolute Gasteiger partial charge is 0.493 e. The maximum Gasteiger partial charge on any atom is 0.161 e. The van der Waals surface area contributed by atoms with Crippen LogP contribution in [0.3, 0.4) is 0 Å². The van der Waals surface area contributed by atoms with Gasteiger partial charge in [0.25, 0.3) is 0 Å². The van der Waals surface area contributed by atoms with Crippen LogP contribution in [0.4, 0.5) is 0 Å². The normalized spacial score (nSPS) is 12.4. The van der Waals surface area contributed by atoms with Gasteiger partial charge in [-0.3, -0.25) is 4.68 Å². The third-order valence-corrected chi connectivity index (χ3v) is 3.15. The van der Waals surface area contributed by atoms with E-state index in [0.717, 1.165) is 17.0 Å². The van der Waals surface area contributed by atoms with Crippen LogP contribution >= 0.6 is 11.6 Å². The van der Waals surface area contributed by atoms with E-state index in [9.17, 15) is 0 Å². The number of methoxy groups -OCH3 is 1. The van der Waals surface area contributed by atoms with E-state index in [2.05, 4.69) is 10.4 Å². The summed E-state index contributed by atoms with van der Waals surface area (Å²) >= 11 is 6.04. The van der Waals surface area contributed by atoms with Crippen molar-refractivity contribution in [3.8, 4) is 5.75 Å². The van der Waals surface area contributed by atoms with Gasteiger partial charge < -0.3 is 10.1 Å². The van der Waals surface area contributed by atoms with Gasteiger partial charge in [-0.15, -0.1) is 0 Å². The summed E-state index contributed by atoms with van der Waals surface area (Å²) in [5.74, 6) is 0.761. The predicted octanol–water partition coefficient (Wildman–Crippen LogP) is 2.39. The number of aryl methyl sites for hydroxylation is 1. The van der Waals surface area contributed by atoms with Gasteiger partial charge >= 0.3 is 0 Å². The second-order valence-corrected chi connectivity index (χ2v) is 4.43. The lowest BCUT2D eigenvalue weighted by molar-refractivity contribution is 0.402. The molecule has 0 fully saturated rings. The lowest BCUT2D eigenvalue weighted by Crippen LogP contribution is -2.21. The van der Waals surface area contributed by atoms with Crippen molar-refractivity contribution in [1.82, 2.24) is 15.1 Å². The SMILES string of the molecule is CNC(c1cccc(Cl)c1)c1c(OC)cnn1C. The number of benzene rings is 1. The zero-order valence-corrected chi connectivity index (χ0v) is 11.4. The van der Waals surface area contributed by atoms with Crippen molar-refractivity contribution >= 4 is 11.6 Å². The zero-order chi connectivity index (χ0) is 13.1. The molecule has 2 aromatic rings. The number of hydrogen-bond donors (Lipinski definition) is 1. The Morgan fingerprint density at radius 3 is 2.83 bits per heavy atom. The molecule has 0 aliphatic heterocycles. The Bertz CT molecular complexity index is 539. The van der Waals surface area contributed by atoms with E-state index < -0.39 is 0 Å². The second kappa shape index (κ2) is 5.42. The summed E-state index contributed by atoms with van der Waals surface area (Å²) in [7, 11) is 5.44. The number of nitrogens with zero attached hydrogens (tertiary/aromatic N) is 2. The molecule has 18 heavy (non-hydrogen) atoms. The van der Waals surface area contributed by atoms with Gasteiger partial charge in [-0.05, 0) is 24.7 Å². The number of ether oxygens (including phenoxy) is 1. The molecular formula is C13H16ClN3O. The van der Waals surface area contributed by atoms with Gasteiger partial charge in [0.05, 0.1) is 19.3 Å². The van der Waals surface area contributed by atoms with Crippen molar-refractivity contribution < 1.29 is 4.74 Å². The minimum absolute atomic E-state index is 0.00819. The summed E-state index contributed by atoms with van der Waals surface area (Å²) in [6.07, 6.45) is 1.71. The molecule has 0 amide bonds. The summed E-state index contributed by atoms with van der Waals surface area (Å²) in [4.78, 5) is 0. The highest BCUT2D eigenvalue weighted by Gasteiger charge is 2.21. The highest BCUT2D eigenvalue weighted by atomic mass is 35.5. The fourth-order valence-electron chi connectivity index (χ4n) is 2.06. The first-order valence-electron chi connectivity index (χ1n) is 5.66. The molecule has 1 atom stereocenters. The third kappa shape index (κ3) is 2.35. The van der Waals surface area contributed by atoms with Crippen molar-refractivity contribution in [2.24, 2.45) is 7.05 Å². The Balaban J connectivity index is 2.48. The molecule has 0 bridgehead atoms. The van der Waals surface area contributed by atoms with E-state index in [1.807, 2.05) is 38.4 Å². The minimum atomic E-state index is -0.00819. The van der Waals surface area contributed by atoms with E-state index in [-0.39, 0.29) is 6.04 Å². The molecule has 0 saturated heterocycles. The van der Waals surface area contributed by atoms with Crippen molar-refractivity contribution in [1.29, 1.82) is 0 Å². The van der Waals surface area contributed by atoms with Crippen LogP contribution in [-0.2, 0) is 7.05 Å². The highest BCUT2D eigenvalue weighted by molar-refractivity contribution is 6.30. The molecule has 0 radical (unpaired) electrons. The smallest absolute Gasteiger partial charge is 0.161 e. The van der Waals surface area contributed by atoms with Crippen LogP contribution < -0.4 is 10.1 Å². The zero-order valence-electron chi connectivity index (χ0n) is 10.6. The Kier molecular flexibility index (Phi) is 3.89. The number of aromatic nitrogens is 2. The molecule has 2 rings (SSSR count). The topological polar surface area (TPSA) is 39.1 Å². The second-order valence-electron chi connectivity index (χ2n) is 4.00. The monoisotopic (exact) mass is 265 g/mol. The molecule has 1 heterocycles. The van der Waals surface area contributed by atoms with Crippen LogP contribution in [0.5, 0.6) is 5.75 Å². The molecule has 1 aromatic heterocycles. The first-order valence-corrected chi connectivity index (χ1v) is 6.03. The Hall–Kier alpha value is -1.52. The van der Waals surface area contributed by atoms with Crippen molar-refractivity contribution in [2.75, 3.05) is 14.2 Å².